The van der Waals surface area contributed by atoms with Crippen LogP contribution in [0, 0.1) is 0 Å². The molecule has 7 heteroatoms. The molecule has 0 atom stereocenters. The molecule has 2 aromatic rings. The van der Waals surface area contributed by atoms with Gasteiger partial charge in [0.25, 0.3) is 5.91 Å². The molecular weight excluding hydrogens is 341 g/mol. The van der Waals surface area contributed by atoms with Crippen molar-refractivity contribution in [2.24, 2.45) is 0 Å². The fraction of sp³-hybridized carbons (Fsp3) is 0. The van der Waals surface area contributed by atoms with Crippen LogP contribution in [0.4, 0.5) is 5.95 Å². The Bertz CT molecular complexity index is 589. The summed E-state index contributed by atoms with van der Waals surface area (Å²) in [5.41, 5.74) is 0.385. The van der Waals surface area contributed by atoms with Crippen molar-refractivity contribution in [3.63, 3.8) is 0 Å². The molecule has 0 unspecified atom stereocenters. The Labute approximate surface area is 121 Å². The minimum Gasteiger partial charge on any atom is -0.290 e. The average molecular weight is 347 g/mol. The lowest BCUT2D eigenvalue weighted by atomic mass is 10.2. The quantitative estimate of drug-likeness (QED) is 0.899. The Morgan fingerprint density at radius 2 is 1.83 bits per heavy atom. The number of nitrogens with one attached hydrogen (secondary N) is 1. The van der Waals surface area contributed by atoms with E-state index in [0.29, 0.717) is 15.6 Å². The molecule has 4 nitrogen and oxygen atoms in total. The highest BCUT2D eigenvalue weighted by molar-refractivity contribution is 9.10. The minimum atomic E-state index is -0.351. The third-order valence-electron chi connectivity index (χ3n) is 2.03. The number of hydrogen-bond acceptors (Lipinski definition) is 3. The van der Waals surface area contributed by atoms with Gasteiger partial charge in [-0.15, -0.1) is 0 Å². The Morgan fingerprint density at radius 3 is 2.44 bits per heavy atom. The van der Waals surface area contributed by atoms with E-state index in [0.717, 1.165) is 4.47 Å². The van der Waals surface area contributed by atoms with Gasteiger partial charge < -0.3 is 0 Å². The van der Waals surface area contributed by atoms with Crippen molar-refractivity contribution < 1.29 is 4.79 Å². The van der Waals surface area contributed by atoms with Crippen LogP contribution in [-0.2, 0) is 0 Å². The van der Waals surface area contributed by atoms with Crippen LogP contribution < -0.4 is 5.32 Å². The summed E-state index contributed by atoms with van der Waals surface area (Å²) in [7, 11) is 0. The van der Waals surface area contributed by atoms with Gasteiger partial charge in [0.15, 0.2) is 0 Å². The van der Waals surface area contributed by atoms with Crippen molar-refractivity contribution >= 4 is 51.0 Å². The monoisotopic (exact) mass is 345 g/mol. The largest absolute Gasteiger partial charge is 0.290 e. The van der Waals surface area contributed by atoms with E-state index in [4.69, 9.17) is 23.2 Å². The van der Waals surface area contributed by atoms with E-state index in [-0.39, 0.29) is 11.9 Å². The lowest BCUT2D eigenvalue weighted by molar-refractivity contribution is 0.102. The van der Waals surface area contributed by atoms with Crippen molar-refractivity contribution in [1.29, 1.82) is 0 Å². The van der Waals surface area contributed by atoms with Gasteiger partial charge in [-0.05, 0) is 34.1 Å². The highest BCUT2D eigenvalue weighted by Gasteiger charge is 2.09. The molecule has 0 saturated heterocycles. The van der Waals surface area contributed by atoms with E-state index in [9.17, 15) is 4.79 Å². The van der Waals surface area contributed by atoms with Gasteiger partial charge in [0.05, 0.1) is 14.5 Å². The van der Waals surface area contributed by atoms with Crippen LogP contribution in [0.3, 0.4) is 0 Å². The highest BCUT2D eigenvalue weighted by atomic mass is 79.9. The average Bonchev–Trinajstić information content (AvgIpc) is 2.35. The zero-order valence-electron chi connectivity index (χ0n) is 8.82. The summed E-state index contributed by atoms with van der Waals surface area (Å²) in [6.45, 7) is 0. The van der Waals surface area contributed by atoms with Gasteiger partial charge in [0.1, 0.15) is 0 Å². The second kappa shape index (κ2) is 5.65. The third-order valence-corrected chi connectivity index (χ3v) is 3.18. The van der Waals surface area contributed by atoms with Crippen LogP contribution in [0.1, 0.15) is 10.4 Å². The van der Waals surface area contributed by atoms with E-state index in [2.05, 4.69) is 31.2 Å². The van der Waals surface area contributed by atoms with Crippen molar-refractivity contribution in [1.82, 2.24) is 9.97 Å². The molecule has 0 saturated carbocycles. The maximum Gasteiger partial charge on any atom is 0.258 e. The summed E-state index contributed by atoms with van der Waals surface area (Å²) in [6.07, 6.45) is 3.08. The first kappa shape index (κ1) is 13.3. The molecule has 1 amide bonds. The van der Waals surface area contributed by atoms with Gasteiger partial charge in [-0.1, -0.05) is 23.2 Å². The number of carbonyl (C=O) groups excluding carboxylic acids is 1. The minimum absolute atomic E-state index is 0.217. The highest BCUT2D eigenvalue weighted by Crippen LogP contribution is 2.22. The van der Waals surface area contributed by atoms with Crippen LogP contribution >= 0.6 is 39.1 Å². The molecular formula is C11H6BrCl2N3O. The maximum atomic E-state index is 11.9. The molecule has 1 N–H and O–H groups in total. The van der Waals surface area contributed by atoms with Crippen LogP contribution in [-0.4, -0.2) is 15.9 Å². The van der Waals surface area contributed by atoms with E-state index >= 15 is 0 Å². The standard InChI is InChI=1S/C11H6BrCl2N3O/c12-7-4-15-11(16-5-7)17-10(18)6-1-2-8(13)9(14)3-6/h1-5H,(H,15,16,17,18). The number of carbonyl (C=O) groups is 1. The van der Waals surface area contributed by atoms with Crippen molar-refractivity contribution in [3.05, 3.63) is 50.7 Å². The van der Waals surface area contributed by atoms with E-state index < -0.39 is 0 Å². The Kier molecular flexibility index (Phi) is 4.16. The normalized spacial score (nSPS) is 10.2. The predicted molar refractivity (Wildman–Crippen MR) is 74.1 cm³/mol. The molecule has 0 aliphatic carbocycles. The molecule has 0 spiro atoms. The first-order valence-electron chi connectivity index (χ1n) is 4.80. The number of benzene rings is 1. The first-order chi connectivity index (χ1) is 8.56. The van der Waals surface area contributed by atoms with E-state index in [1.165, 1.54) is 18.5 Å². The van der Waals surface area contributed by atoms with E-state index in [1.54, 1.807) is 12.1 Å². The molecule has 1 aromatic carbocycles. The third kappa shape index (κ3) is 3.19. The molecule has 0 fully saturated rings. The summed E-state index contributed by atoms with van der Waals surface area (Å²) < 4.78 is 0.732. The van der Waals surface area contributed by atoms with Crippen LogP contribution in [0.15, 0.2) is 35.1 Å². The van der Waals surface area contributed by atoms with Crippen molar-refractivity contribution in [2.45, 2.75) is 0 Å². The Balaban J connectivity index is 2.16. The number of halogens is 3. The van der Waals surface area contributed by atoms with Gasteiger partial charge in [-0.25, -0.2) is 9.97 Å². The van der Waals surface area contributed by atoms with Gasteiger partial charge in [0, 0.05) is 18.0 Å². The SMILES string of the molecule is O=C(Nc1ncc(Br)cn1)c1ccc(Cl)c(Cl)c1. The Hall–Kier alpha value is -1.17. The van der Waals surface area contributed by atoms with Gasteiger partial charge >= 0.3 is 0 Å². The predicted octanol–water partition coefficient (Wildman–Crippen LogP) is 3.80. The zero-order valence-corrected chi connectivity index (χ0v) is 11.9. The fourth-order valence-corrected chi connectivity index (χ4v) is 1.69. The molecule has 0 radical (unpaired) electrons. The number of nitrogens with zero attached hydrogens (tertiary/aromatic N) is 2. The second-order valence-corrected chi connectivity index (χ2v) is 5.04. The fourth-order valence-electron chi connectivity index (χ4n) is 1.19. The molecule has 92 valence electrons. The number of rotatable bonds is 2. The topological polar surface area (TPSA) is 54.9 Å². The second-order valence-electron chi connectivity index (χ2n) is 3.31. The molecule has 0 aliphatic rings. The maximum absolute atomic E-state index is 11.9. The van der Waals surface area contributed by atoms with Crippen LogP contribution in [0.5, 0.6) is 0 Å². The summed E-state index contributed by atoms with van der Waals surface area (Å²) in [5, 5.41) is 3.27. The Morgan fingerprint density at radius 1 is 1.17 bits per heavy atom. The zero-order chi connectivity index (χ0) is 13.1. The van der Waals surface area contributed by atoms with Crippen LogP contribution in [0.25, 0.3) is 0 Å². The number of amides is 1. The lowest BCUT2D eigenvalue weighted by Crippen LogP contribution is -2.13. The van der Waals surface area contributed by atoms with Crippen molar-refractivity contribution in [3.8, 4) is 0 Å². The van der Waals surface area contributed by atoms with E-state index in [1.807, 2.05) is 0 Å². The summed E-state index contributed by atoms with van der Waals surface area (Å²) in [6, 6.07) is 4.61. The van der Waals surface area contributed by atoms with Gasteiger partial charge in [-0.2, -0.15) is 0 Å². The van der Waals surface area contributed by atoms with Gasteiger partial charge in [-0.3, -0.25) is 10.1 Å². The number of hydrogen-bond donors (Lipinski definition) is 1. The summed E-state index contributed by atoms with van der Waals surface area (Å²) >= 11 is 14.8. The summed E-state index contributed by atoms with van der Waals surface area (Å²) in [4.78, 5) is 19.7. The first-order valence-corrected chi connectivity index (χ1v) is 6.35. The molecule has 0 aliphatic heterocycles. The molecule has 18 heavy (non-hydrogen) atoms. The molecule has 1 heterocycles. The molecule has 0 bridgehead atoms. The number of anilines is 1. The van der Waals surface area contributed by atoms with Crippen molar-refractivity contribution in [2.75, 3.05) is 5.32 Å². The molecule has 1 aromatic heterocycles. The summed E-state index contributed by atoms with van der Waals surface area (Å²) in [5.74, 6) is -0.134. The molecule has 2 rings (SSSR count). The smallest absolute Gasteiger partial charge is 0.258 e. The van der Waals surface area contributed by atoms with Gasteiger partial charge in [0.2, 0.25) is 5.95 Å². The number of aromatic nitrogens is 2. The lowest BCUT2D eigenvalue weighted by Gasteiger charge is -2.04. The van der Waals surface area contributed by atoms with Crippen LogP contribution in [0.2, 0.25) is 10.0 Å².